The largest absolute Gasteiger partial charge is 0.507 e. The molecule has 3 rings (SSSR count). The van der Waals surface area contributed by atoms with Crippen LogP contribution < -0.4 is 4.74 Å². The number of Topliss-reactive ketones (excluding diaryl/α,β-unsaturated/α-hetero) is 1. The quantitative estimate of drug-likeness (QED) is 0.207. The summed E-state index contributed by atoms with van der Waals surface area (Å²) in [6.45, 7) is 6.39. The summed E-state index contributed by atoms with van der Waals surface area (Å²) >= 11 is 0. The van der Waals surface area contributed by atoms with Gasteiger partial charge in [0.15, 0.2) is 0 Å². The van der Waals surface area contributed by atoms with Crippen LogP contribution in [-0.2, 0) is 9.59 Å². The van der Waals surface area contributed by atoms with E-state index < -0.39 is 22.7 Å². The Morgan fingerprint density at radius 1 is 1.18 bits per heavy atom. The molecule has 1 saturated heterocycles. The molecular weight excluding hydrogens is 438 g/mol. The van der Waals surface area contributed by atoms with Crippen LogP contribution in [0.5, 0.6) is 5.75 Å². The summed E-state index contributed by atoms with van der Waals surface area (Å²) in [4.78, 5) is 39.9. The molecule has 1 N–H and O–H groups in total. The number of ether oxygens (including phenoxy) is 1. The van der Waals surface area contributed by atoms with Gasteiger partial charge in [-0.25, -0.2) is 0 Å². The van der Waals surface area contributed by atoms with Gasteiger partial charge >= 0.3 is 0 Å². The van der Waals surface area contributed by atoms with Crippen molar-refractivity contribution < 1.29 is 24.4 Å². The highest BCUT2D eigenvalue weighted by Crippen LogP contribution is 2.40. The van der Waals surface area contributed by atoms with Crippen molar-refractivity contribution in [2.24, 2.45) is 0 Å². The number of rotatable bonds is 8. The highest BCUT2D eigenvalue weighted by atomic mass is 16.6. The third-order valence-corrected chi connectivity index (χ3v) is 5.56. The second-order valence-electron chi connectivity index (χ2n) is 8.79. The lowest BCUT2D eigenvalue weighted by molar-refractivity contribution is -0.384. The maximum atomic E-state index is 13.1. The molecule has 1 aliphatic rings. The summed E-state index contributed by atoms with van der Waals surface area (Å²) < 4.78 is 5.75. The van der Waals surface area contributed by atoms with E-state index >= 15 is 0 Å². The number of hydrogen-bond donors (Lipinski definition) is 1. The normalized spacial score (nSPS) is 17.6. The molecule has 2 aromatic rings. The van der Waals surface area contributed by atoms with Crippen LogP contribution in [0.15, 0.2) is 48.0 Å². The third-order valence-electron chi connectivity index (χ3n) is 5.56. The van der Waals surface area contributed by atoms with Crippen molar-refractivity contribution in [2.45, 2.75) is 32.9 Å². The van der Waals surface area contributed by atoms with Crippen molar-refractivity contribution in [3.8, 4) is 5.75 Å². The van der Waals surface area contributed by atoms with Crippen LogP contribution >= 0.6 is 0 Å². The molecule has 0 unspecified atom stereocenters. The minimum Gasteiger partial charge on any atom is -0.507 e. The van der Waals surface area contributed by atoms with E-state index in [0.29, 0.717) is 23.4 Å². The highest BCUT2D eigenvalue weighted by molar-refractivity contribution is 6.46. The Hall–Kier alpha value is -3.72. The smallest absolute Gasteiger partial charge is 0.295 e. The van der Waals surface area contributed by atoms with Gasteiger partial charge in [-0.1, -0.05) is 0 Å². The average molecular weight is 468 g/mol. The van der Waals surface area contributed by atoms with Gasteiger partial charge in [0, 0.05) is 30.8 Å². The molecule has 34 heavy (non-hydrogen) atoms. The second-order valence-corrected chi connectivity index (χ2v) is 8.79. The van der Waals surface area contributed by atoms with Crippen LogP contribution in [0.4, 0.5) is 5.69 Å². The topological polar surface area (TPSA) is 113 Å². The fourth-order valence-corrected chi connectivity index (χ4v) is 3.88. The molecule has 0 bridgehead atoms. The van der Waals surface area contributed by atoms with E-state index in [2.05, 4.69) is 0 Å². The molecule has 1 amide bonds. The van der Waals surface area contributed by atoms with Crippen LogP contribution in [0.1, 0.15) is 36.6 Å². The zero-order chi connectivity index (χ0) is 25.2. The first kappa shape index (κ1) is 24.9. The van der Waals surface area contributed by atoms with Gasteiger partial charge in [0.25, 0.3) is 17.4 Å². The molecule has 1 aliphatic heterocycles. The van der Waals surface area contributed by atoms with Gasteiger partial charge < -0.3 is 19.6 Å². The van der Waals surface area contributed by atoms with E-state index in [1.54, 1.807) is 18.2 Å². The number of aliphatic hydroxyl groups excluding tert-OH is 1. The number of non-ortho nitro benzene ring substituents is 1. The van der Waals surface area contributed by atoms with Gasteiger partial charge in [-0.15, -0.1) is 0 Å². The predicted molar refractivity (Wildman–Crippen MR) is 128 cm³/mol. The Labute approximate surface area is 198 Å². The molecule has 0 radical (unpaired) electrons. The predicted octanol–water partition coefficient (Wildman–Crippen LogP) is 3.67. The Kier molecular flexibility index (Phi) is 7.36. The molecule has 0 aromatic heterocycles. The molecule has 1 atom stereocenters. The third kappa shape index (κ3) is 5.09. The molecule has 9 nitrogen and oxygen atoms in total. The zero-order valence-electron chi connectivity index (χ0n) is 19.9. The minimum atomic E-state index is -0.868. The fraction of sp³-hybridized carbons (Fsp3) is 0.360. The number of nitro benzene ring substituents is 1. The summed E-state index contributed by atoms with van der Waals surface area (Å²) in [5.74, 6) is -1.15. The van der Waals surface area contributed by atoms with Gasteiger partial charge in [0.2, 0.25) is 0 Å². The summed E-state index contributed by atoms with van der Waals surface area (Å²) in [7, 11) is 3.70. The first-order valence-electron chi connectivity index (χ1n) is 11.0. The summed E-state index contributed by atoms with van der Waals surface area (Å²) in [5.41, 5.74) is 1.50. The van der Waals surface area contributed by atoms with E-state index in [9.17, 15) is 24.8 Å². The van der Waals surface area contributed by atoms with Crippen LogP contribution in [-0.4, -0.2) is 64.8 Å². The molecular formula is C25H29N3O6. The molecule has 1 heterocycles. The minimum absolute atomic E-state index is 0.0256. The number of likely N-dealkylation sites (tertiary alicyclic amines) is 1. The molecule has 180 valence electrons. The van der Waals surface area contributed by atoms with E-state index in [0.717, 1.165) is 5.56 Å². The number of nitrogens with zero attached hydrogens (tertiary/aromatic N) is 3. The number of hydrogen-bond acceptors (Lipinski definition) is 7. The van der Waals surface area contributed by atoms with Crippen LogP contribution in [0.2, 0.25) is 0 Å². The molecule has 2 aromatic carbocycles. The van der Waals surface area contributed by atoms with Gasteiger partial charge in [-0.05, 0) is 76.3 Å². The fourth-order valence-electron chi connectivity index (χ4n) is 3.88. The Morgan fingerprint density at radius 3 is 2.35 bits per heavy atom. The zero-order valence-corrected chi connectivity index (χ0v) is 19.9. The Bertz CT molecular complexity index is 1140. The number of carbonyl (C=O) groups is 2. The molecule has 0 saturated carbocycles. The number of amides is 1. The van der Waals surface area contributed by atoms with Gasteiger partial charge in [0.05, 0.1) is 22.6 Å². The van der Waals surface area contributed by atoms with Crippen molar-refractivity contribution in [2.75, 3.05) is 27.2 Å². The number of aryl methyl sites for hydroxylation is 1. The lowest BCUT2D eigenvalue weighted by Gasteiger charge is -2.26. The van der Waals surface area contributed by atoms with E-state index in [4.69, 9.17) is 4.74 Å². The van der Waals surface area contributed by atoms with E-state index in [-0.39, 0.29) is 29.7 Å². The molecule has 9 heteroatoms. The molecule has 0 aliphatic carbocycles. The van der Waals surface area contributed by atoms with Crippen molar-refractivity contribution in [1.82, 2.24) is 9.80 Å². The van der Waals surface area contributed by atoms with Crippen molar-refractivity contribution in [3.05, 3.63) is 74.8 Å². The summed E-state index contributed by atoms with van der Waals surface area (Å²) in [6.07, 6.45) is -0.0256. The lowest BCUT2D eigenvalue weighted by Crippen LogP contribution is -2.35. The second kappa shape index (κ2) is 10.0. The van der Waals surface area contributed by atoms with Crippen LogP contribution in [0.3, 0.4) is 0 Å². The van der Waals surface area contributed by atoms with Gasteiger partial charge in [-0.2, -0.15) is 0 Å². The monoisotopic (exact) mass is 467 g/mol. The van der Waals surface area contributed by atoms with Crippen molar-refractivity contribution >= 4 is 23.1 Å². The summed E-state index contributed by atoms with van der Waals surface area (Å²) in [6, 6.07) is 9.85. The maximum Gasteiger partial charge on any atom is 0.295 e. The standard InChI is InChI=1S/C25H29N3O6/c1-15(2)34-20-11-8-18(14-16(20)3)23(29)21-22(17-6-9-19(10-7-17)28(32)33)27(13-12-26(4)5)25(31)24(21)30/h6-11,14-15,22,29H,12-13H2,1-5H3/t22-/m0/s1. The highest BCUT2D eigenvalue weighted by Gasteiger charge is 2.46. The number of likely N-dealkylation sites (N-methyl/N-ethyl adjacent to an activating group) is 1. The first-order chi connectivity index (χ1) is 16.0. The lowest BCUT2D eigenvalue weighted by atomic mass is 9.94. The van der Waals surface area contributed by atoms with E-state index in [1.165, 1.54) is 29.2 Å². The van der Waals surface area contributed by atoms with Crippen molar-refractivity contribution in [1.29, 1.82) is 0 Å². The molecule has 1 fully saturated rings. The molecule has 0 spiro atoms. The number of ketones is 1. The Balaban J connectivity index is 2.12. The van der Waals surface area contributed by atoms with E-state index in [1.807, 2.05) is 39.8 Å². The first-order valence-corrected chi connectivity index (χ1v) is 11.0. The SMILES string of the molecule is Cc1cc(C(O)=C2C(=O)C(=O)N(CCN(C)C)[C@H]2c2ccc([N+](=O)[O-])cc2)ccc1OC(C)C. The number of carbonyl (C=O) groups excluding carboxylic acids is 2. The van der Waals surface area contributed by atoms with Gasteiger partial charge in [-0.3, -0.25) is 19.7 Å². The summed E-state index contributed by atoms with van der Waals surface area (Å²) in [5, 5.41) is 22.3. The van der Waals surface area contributed by atoms with Crippen molar-refractivity contribution in [3.63, 3.8) is 0 Å². The van der Waals surface area contributed by atoms with Crippen LogP contribution in [0.25, 0.3) is 5.76 Å². The number of aliphatic hydroxyl groups is 1. The Morgan fingerprint density at radius 2 is 1.82 bits per heavy atom. The van der Waals surface area contributed by atoms with Crippen LogP contribution in [0, 0.1) is 17.0 Å². The van der Waals surface area contributed by atoms with Gasteiger partial charge in [0.1, 0.15) is 11.5 Å². The number of nitro groups is 1. The average Bonchev–Trinajstić information content (AvgIpc) is 3.03. The number of benzene rings is 2. The maximum absolute atomic E-state index is 13.1.